The second-order valence-electron chi connectivity index (χ2n) is 6.44. The van der Waals surface area contributed by atoms with Crippen LogP contribution in [0.4, 0.5) is 0 Å². The molecule has 0 saturated carbocycles. The minimum atomic E-state index is -3.73. The average Bonchev–Trinajstić information content (AvgIpc) is 3.34. The zero-order valence-electron chi connectivity index (χ0n) is 16.8. The molecule has 3 aromatic rings. The molecule has 156 valence electrons. The molecule has 2 aromatic heterocycles. The van der Waals surface area contributed by atoms with Gasteiger partial charge in [-0.05, 0) is 43.0 Å². The van der Waals surface area contributed by atoms with E-state index in [-0.39, 0.29) is 17.2 Å². The standard InChI is InChI=1S/C20H24N2O5S2/c1-5-22(29(23,24)20-14(2)21-27-15(20)3)12-16-8-9-18(19(11-16)25-4)26-13-17-7-6-10-28-17/h6-11H,5,12-13H2,1-4H3. The summed E-state index contributed by atoms with van der Waals surface area (Å²) >= 11 is 1.62. The fourth-order valence-electron chi connectivity index (χ4n) is 3.02. The highest BCUT2D eigenvalue weighted by Crippen LogP contribution is 2.31. The number of nitrogens with zero attached hydrogens (tertiary/aromatic N) is 2. The van der Waals surface area contributed by atoms with Crippen molar-refractivity contribution in [1.29, 1.82) is 0 Å². The van der Waals surface area contributed by atoms with E-state index in [9.17, 15) is 8.42 Å². The van der Waals surface area contributed by atoms with Gasteiger partial charge in [0.15, 0.2) is 17.3 Å². The molecule has 0 bridgehead atoms. The molecule has 9 heteroatoms. The first-order valence-corrected chi connectivity index (χ1v) is 11.4. The largest absolute Gasteiger partial charge is 0.493 e. The zero-order chi connectivity index (χ0) is 21.0. The van der Waals surface area contributed by atoms with Gasteiger partial charge in [-0.2, -0.15) is 4.31 Å². The Morgan fingerprint density at radius 1 is 1.21 bits per heavy atom. The highest BCUT2D eigenvalue weighted by molar-refractivity contribution is 7.89. The summed E-state index contributed by atoms with van der Waals surface area (Å²) in [6.45, 7) is 5.99. The van der Waals surface area contributed by atoms with E-state index in [0.29, 0.717) is 30.3 Å². The number of hydrogen-bond acceptors (Lipinski definition) is 7. The first-order valence-electron chi connectivity index (χ1n) is 9.12. The normalized spacial score (nSPS) is 11.8. The van der Waals surface area contributed by atoms with Crippen LogP contribution < -0.4 is 9.47 Å². The molecule has 29 heavy (non-hydrogen) atoms. The fourth-order valence-corrected chi connectivity index (χ4v) is 5.36. The quantitative estimate of drug-likeness (QED) is 0.501. The van der Waals surface area contributed by atoms with Crippen molar-refractivity contribution >= 4 is 21.4 Å². The van der Waals surface area contributed by atoms with Crippen molar-refractivity contribution in [3.8, 4) is 11.5 Å². The van der Waals surface area contributed by atoms with Crippen molar-refractivity contribution in [2.24, 2.45) is 0 Å². The molecule has 0 unspecified atom stereocenters. The minimum Gasteiger partial charge on any atom is -0.493 e. The van der Waals surface area contributed by atoms with Gasteiger partial charge in [-0.1, -0.05) is 24.2 Å². The SMILES string of the molecule is CCN(Cc1ccc(OCc2cccs2)c(OC)c1)S(=O)(=O)c1c(C)noc1C. The van der Waals surface area contributed by atoms with Gasteiger partial charge in [0.1, 0.15) is 17.2 Å². The van der Waals surface area contributed by atoms with E-state index >= 15 is 0 Å². The second-order valence-corrected chi connectivity index (χ2v) is 9.34. The van der Waals surface area contributed by atoms with Crippen molar-refractivity contribution in [1.82, 2.24) is 9.46 Å². The van der Waals surface area contributed by atoms with Crippen LogP contribution in [0, 0.1) is 13.8 Å². The van der Waals surface area contributed by atoms with Crippen molar-refractivity contribution in [2.45, 2.75) is 38.8 Å². The number of hydrogen-bond donors (Lipinski definition) is 0. The molecule has 0 N–H and O–H groups in total. The third kappa shape index (κ3) is 4.63. The summed E-state index contributed by atoms with van der Waals surface area (Å²) in [7, 11) is -2.17. The summed E-state index contributed by atoms with van der Waals surface area (Å²) in [6, 6.07) is 9.43. The highest BCUT2D eigenvalue weighted by atomic mass is 32.2. The fraction of sp³-hybridized carbons (Fsp3) is 0.350. The topological polar surface area (TPSA) is 81.9 Å². The summed E-state index contributed by atoms with van der Waals surface area (Å²) in [5.74, 6) is 1.46. The molecule has 2 heterocycles. The molecule has 0 aliphatic carbocycles. The Labute approximate surface area is 174 Å². The van der Waals surface area contributed by atoms with E-state index in [1.165, 1.54) is 4.31 Å². The lowest BCUT2D eigenvalue weighted by Gasteiger charge is -2.21. The van der Waals surface area contributed by atoms with Crippen molar-refractivity contribution in [3.05, 3.63) is 57.6 Å². The summed E-state index contributed by atoms with van der Waals surface area (Å²) in [4.78, 5) is 1.24. The number of ether oxygens (including phenoxy) is 2. The van der Waals surface area contributed by atoms with Crippen LogP contribution in [0.1, 0.15) is 28.8 Å². The molecular weight excluding hydrogens is 412 g/mol. The maximum atomic E-state index is 13.1. The number of aromatic nitrogens is 1. The predicted octanol–water partition coefficient (Wildman–Crippen LogP) is 4.15. The summed E-state index contributed by atoms with van der Waals surface area (Å²) < 4.78 is 43.9. The Kier molecular flexibility index (Phi) is 6.61. The Balaban J connectivity index is 1.80. The summed E-state index contributed by atoms with van der Waals surface area (Å²) in [5.41, 5.74) is 1.15. The average molecular weight is 437 g/mol. The number of methoxy groups -OCH3 is 1. The molecule has 0 fully saturated rings. The lowest BCUT2D eigenvalue weighted by molar-refractivity contribution is 0.287. The Bertz CT molecular complexity index is 1040. The number of benzene rings is 1. The lowest BCUT2D eigenvalue weighted by Crippen LogP contribution is -2.31. The van der Waals surface area contributed by atoms with Crippen LogP contribution in [0.15, 0.2) is 45.1 Å². The maximum Gasteiger partial charge on any atom is 0.248 e. The van der Waals surface area contributed by atoms with E-state index in [1.807, 2.05) is 23.6 Å². The predicted molar refractivity (Wildman–Crippen MR) is 111 cm³/mol. The van der Waals surface area contributed by atoms with Gasteiger partial charge >= 0.3 is 0 Å². The minimum absolute atomic E-state index is 0.127. The number of sulfonamides is 1. The van der Waals surface area contributed by atoms with E-state index in [1.54, 1.807) is 51.4 Å². The van der Waals surface area contributed by atoms with Crippen LogP contribution in [0.2, 0.25) is 0 Å². The van der Waals surface area contributed by atoms with Crippen LogP contribution in [-0.2, 0) is 23.2 Å². The Morgan fingerprint density at radius 3 is 2.59 bits per heavy atom. The molecular formula is C20H24N2O5S2. The van der Waals surface area contributed by atoms with Gasteiger partial charge < -0.3 is 14.0 Å². The van der Waals surface area contributed by atoms with Gasteiger partial charge in [0.25, 0.3) is 0 Å². The first kappa shape index (κ1) is 21.4. The van der Waals surface area contributed by atoms with E-state index < -0.39 is 10.0 Å². The number of rotatable bonds is 9. The van der Waals surface area contributed by atoms with Crippen molar-refractivity contribution < 1.29 is 22.4 Å². The van der Waals surface area contributed by atoms with Gasteiger partial charge in [-0.3, -0.25) is 0 Å². The molecule has 0 aliphatic rings. The maximum absolute atomic E-state index is 13.1. The van der Waals surface area contributed by atoms with Gasteiger partial charge in [0.2, 0.25) is 10.0 Å². The van der Waals surface area contributed by atoms with Crippen LogP contribution in [0.3, 0.4) is 0 Å². The van der Waals surface area contributed by atoms with E-state index in [0.717, 1.165) is 10.4 Å². The van der Waals surface area contributed by atoms with Crippen LogP contribution >= 0.6 is 11.3 Å². The lowest BCUT2D eigenvalue weighted by atomic mass is 10.2. The molecule has 7 nitrogen and oxygen atoms in total. The molecule has 0 atom stereocenters. The molecule has 0 saturated heterocycles. The molecule has 0 radical (unpaired) electrons. The Morgan fingerprint density at radius 2 is 2.00 bits per heavy atom. The molecule has 0 spiro atoms. The zero-order valence-corrected chi connectivity index (χ0v) is 18.5. The van der Waals surface area contributed by atoms with Crippen LogP contribution in [-0.4, -0.2) is 31.5 Å². The smallest absolute Gasteiger partial charge is 0.248 e. The van der Waals surface area contributed by atoms with E-state index in [4.69, 9.17) is 14.0 Å². The third-order valence-electron chi connectivity index (χ3n) is 4.46. The van der Waals surface area contributed by atoms with Crippen molar-refractivity contribution in [2.75, 3.05) is 13.7 Å². The highest BCUT2D eigenvalue weighted by Gasteiger charge is 2.30. The third-order valence-corrected chi connectivity index (χ3v) is 7.47. The molecule has 0 amide bonds. The molecule has 0 aliphatic heterocycles. The van der Waals surface area contributed by atoms with Crippen LogP contribution in [0.25, 0.3) is 0 Å². The second kappa shape index (κ2) is 8.98. The van der Waals surface area contributed by atoms with Gasteiger partial charge in [-0.15, -0.1) is 11.3 Å². The van der Waals surface area contributed by atoms with E-state index in [2.05, 4.69) is 5.16 Å². The summed E-state index contributed by atoms with van der Waals surface area (Å²) in [6.07, 6.45) is 0. The Hall–Kier alpha value is -2.36. The first-order chi connectivity index (χ1) is 13.9. The summed E-state index contributed by atoms with van der Waals surface area (Å²) in [5, 5.41) is 5.77. The number of thiophene rings is 1. The van der Waals surface area contributed by atoms with Crippen molar-refractivity contribution in [3.63, 3.8) is 0 Å². The van der Waals surface area contributed by atoms with Gasteiger partial charge in [0.05, 0.1) is 7.11 Å². The number of aryl methyl sites for hydroxylation is 2. The molecule has 3 rings (SSSR count). The van der Waals surface area contributed by atoms with Gasteiger partial charge in [-0.25, -0.2) is 8.42 Å². The van der Waals surface area contributed by atoms with Crippen LogP contribution in [0.5, 0.6) is 11.5 Å². The molecule has 1 aromatic carbocycles. The van der Waals surface area contributed by atoms with Gasteiger partial charge in [0, 0.05) is 18.0 Å². The monoisotopic (exact) mass is 436 g/mol.